The highest BCUT2D eigenvalue weighted by Crippen LogP contribution is 2.39. The lowest BCUT2D eigenvalue weighted by Gasteiger charge is -2.37. The average molecular weight is 577 g/mol. The standard InChI is InChI=1S/C28H26ClFN8O3/c29-20-4-1-3-18(24(20)30)19-13-37(27-23(19)26(32-15-33-27)36-11-17(39)12-36)14-22(40)35-9-6-16(7-10-35)38-21-5-2-8-31-25(21)34-28(38)41/h1-5,8,13,15-17,39H,6-7,9-12,14H2,(H,31,34,41). The summed E-state index contributed by atoms with van der Waals surface area (Å²) in [5, 5.41) is 10.5. The number of halogens is 2. The summed E-state index contributed by atoms with van der Waals surface area (Å²) in [4.78, 5) is 45.8. The van der Waals surface area contributed by atoms with Gasteiger partial charge < -0.3 is 19.5 Å². The number of aliphatic hydroxyl groups is 1. The van der Waals surface area contributed by atoms with Gasteiger partial charge in [-0.15, -0.1) is 0 Å². The molecule has 4 aromatic heterocycles. The Morgan fingerprint density at radius 1 is 1.10 bits per heavy atom. The number of anilines is 1. The van der Waals surface area contributed by atoms with Gasteiger partial charge in [0.1, 0.15) is 30.2 Å². The molecule has 0 atom stereocenters. The third kappa shape index (κ3) is 4.34. The van der Waals surface area contributed by atoms with Crippen molar-refractivity contribution in [3.63, 3.8) is 0 Å². The number of likely N-dealkylation sites (tertiary alicyclic amines) is 1. The number of fused-ring (bicyclic) bond motifs is 2. The van der Waals surface area contributed by atoms with Crippen LogP contribution in [0.3, 0.4) is 0 Å². The number of nitrogens with zero attached hydrogens (tertiary/aromatic N) is 7. The van der Waals surface area contributed by atoms with Crippen LogP contribution in [0.15, 0.2) is 53.8 Å². The molecule has 7 rings (SSSR count). The van der Waals surface area contributed by atoms with E-state index >= 15 is 4.39 Å². The monoisotopic (exact) mass is 576 g/mol. The molecule has 0 unspecified atom stereocenters. The third-order valence-corrected chi connectivity index (χ3v) is 8.31. The summed E-state index contributed by atoms with van der Waals surface area (Å²) in [5.41, 5.74) is 2.41. The van der Waals surface area contributed by atoms with Gasteiger partial charge in [-0.25, -0.2) is 24.1 Å². The van der Waals surface area contributed by atoms with Gasteiger partial charge in [0.15, 0.2) is 5.65 Å². The lowest BCUT2D eigenvalue weighted by atomic mass is 10.0. The summed E-state index contributed by atoms with van der Waals surface area (Å²) in [7, 11) is 0. The molecule has 0 aliphatic carbocycles. The molecule has 2 aliphatic rings. The SMILES string of the molecule is O=C(Cn1cc(-c2cccc(Cl)c2F)c2c(N3CC(O)C3)ncnc21)N1CCC(n2c(=O)[nH]c3ncccc32)CC1. The summed E-state index contributed by atoms with van der Waals surface area (Å²) < 4.78 is 18.7. The van der Waals surface area contributed by atoms with Gasteiger partial charge in [0.05, 0.1) is 22.0 Å². The fourth-order valence-electron chi connectivity index (χ4n) is 5.95. The van der Waals surface area contributed by atoms with Gasteiger partial charge >= 0.3 is 5.69 Å². The fraction of sp³-hybridized carbons (Fsp3) is 0.321. The Morgan fingerprint density at radius 3 is 2.68 bits per heavy atom. The van der Waals surface area contributed by atoms with E-state index in [-0.39, 0.29) is 34.8 Å². The summed E-state index contributed by atoms with van der Waals surface area (Å²) >= 11 is 6.11. The van der Waals surface area contributed by atoms with Gasteiger partial charge in [-0.3, -0.25) is 14.3 Å². The number of benzene rings is 1. The van der Waals surface area contributed by atoms with Crippen LogP contribution in [0.1, 0.15) is 18.9 Å². The van der Waals surface area contributed by atoms with Crippen molar-refractivity contribution in [3.05, 3.63) is 70.4 Å². The molecule has 2 N–H and O–H groups in total. The predicted octanol–water partition coefficient (Wildman–Crippen LogP) is 2.97. The quantitative estimate of drug-likeness (QED) is 0.329. The number of carbonyl (C=O) groups is 1. The second kappa shape index (κ2) is 9.96. The highest BCUT2D eigenvalue weighted by molar-refractivity contribution is 6.31. The van der Waals surface area contributed by atoms with Gasteiger partial charge in [0.2, 0.25) is 5.91 Å². The first-order valence-corrected chi connectivity index (χ1v) is 13.8. The zero-order valence-electron chi connectivity index (χ0n) is 21.9. The number of rotatable bonds is 5. The molecule has 0 radical (unpaired) electrons. The number of aliphatic hydroxyl groups excluding tert-OH is 1. The van der Waals surface area contributed by atoms with E-state index in [9.17, 15) is 14.7 Å². The highest BCUT2D eigenvalue weighted by Gasteiger charge is 2.31. The van der Waals surface area contributed by atoms with Crippen molar-refractivity contribution >= 4 is 45.5 Å². The molecule has 5 aromatic rings. The highest BCUT2D eigenvalue weighted by atomic mass is 35.5. The Bertz CT molecular complexity index is 1850. The van der Waals surface area contributed by atoms with E-state index in [4.69, 9.17) is 11.6 Å². The summed E-state index contributed by atoms with van der Waals surface area (Å²) in [5.74, 6) is -0.103. The minimum absolute atomic E-state index is 0.000612. The average Bonchev–Trinajstić information content (AvgIpc) is 3.49. The van der Waals surface area contributed by atoms with Crippen LogP contribution in [0.4, 0.5) is 10.2 Å². The lowest BCUT2D eigenvalue weighted by Crippen LogP contribution is -2.51. The van der Waals surface area contributed by atoms with Gasteiger partial charge in [-0.1, -0.05) is 23.7 Å². The maximum atomic E-state index is 15.2. The molecule has 0 bridgehead atoms. The molecule has 2 aliphatic heterocycles. The number of carbonyl (C=O) groups excluding carboxylic acids is 1. The lowest BCUT2D eigenvalue weighted by molar-refractivity contribution is -0.133. The second-order valence-corrected chi connectivity index (χ2v) is 10.9. The van der Waals surface area contributed by atoms with Crippen molar-refractivity contribution < 1.29 is 14.3 Å². The van der Waals surface area contributed by atoms with E-state index in [0.717, 1.165) is 5.52 Å². The van der Waals surface area contributed by atoms with Crippen molar-refractivity contribution in [3.8, 4) is 11.1 Å². The minimum Gasteiger partial charge on any atom is -0.389 e. The molecular weight excluding hydrogens is 551 g/mol. The van der Waals surface area contributed by atoms with Crippen molar-refractivity contribution in [1.82, 2.24) is 34.0 Å². The number of β-amino-alcohol motifs (C(OH)–C–C–N with tert-alkyl or cyclic N) is 1. The molecule has 6 heterocycles. The largest absolute Gasteiger partial charge is 0.389 e. The van der Waals surface area contributed by atoms with E-state index in [0.29, 0.717) is 67.1 Å². The smallest absolute Gasteiger partial charge is 0.327 e. The molecule has 13 heteroatoms. The second-order valence-electron chi connectivity index (χ2n) is 10.5. The van der Waals surface area contributed by atoms with Crippen LogP contribution in [0.5, 0.6) is 0 Å². The van der Waals surface area contributed by atoms with E-state index in [1.165, 1.54) is 12.4 Å². The Hall–Kier alpha value is -4.29. The molecule has 0 spiro atoms. The normalized spacial score (nSPS) is 16.6. The van der Waals surface area contributed by atoms with Crippen LogP contribution in [0, 0.1) is 5.82 Å². The molecule has 2 saturated heterocycles. The zero-order valence-corrected chi connectivity index (χ0v) is 22.6. The van der Waals surface area contributed by atoms with Crippen LogP contribution in [0.2, 0.25) is 5.02 Å². The first kappa shape index (κ1) is 25.7. The number of piperidine rings is 1. The molecule has 1 aromatic carbocycles. The molecule has 11 nitrogen and oxygen atoms in total. The van der Waals surface area contributed by atoms with Crippen LogP contribution in [0.25, 0.3) is 33.3 Å². The van der Waals surface area contributed by atoms with Crippen LogP contribution < -0.4 is 10.6 Å². The number of H-pyrrole nitrogens is 1. The number of aromatic amines is 1. The van der Waals surface area contributed by atoms with E-state index in [1.54, 1.807) is 44.6 Å². The van der Waals surface area contributed by atoms with Gasteiger partial charge in [-0.05, 0) is 31.0 Å². The van der Waals surface area contributed by atoms with Crippen molar-refractivity contribution in [2.24, 2.45) is 0 Å². The zero-order chi connectivity index (χ0) is 28.2. The van der Waals surface area contributed by atoms with Crippen LogP contribution in [-0.2, 0) is 11.3 Å². The van der Waals surface area contributed by atoms with Gasteiger partial charge in [-0.2, -0.15) is 0 Å². The van der Waals surface area contributed by atoms with Crippen molar-refractivity contribution in [2.75, 3.05) is 31.1 Å². The van der Waals surface area contributed by atoms with Crippen molar-refractivity contribution in [2.45, 2.75) is 31.5 Å². The van der Waals surface area contributed by atoms with Gasteiger partial charge in [0.25, 0.3) is 0 Å². The number of hydrogen-bond donors (Lipinski definition) is 2. The number of aromatic nitrogens is 6. The predicted molar refractivity (Wildman–Crippen MR) is 151 cm³/mol. The number of imidazole rings is 1. The minimum atomic E-state index is -0.567. The first-order chi connectivity index (χ1) is 19.9. The van der Waals surface area contributed by atoms with Crippen molar-refractivity contribution in [1.29, 1.82) is 0 Å². The Labute approximate surface area is 237 Å². The summed E-state index contributed by atoms with van der Waals surface area (Å²) in [6, 6.07) is 8.41. The summed E-state index contributed by atoms with van der Waals surface area (Å²) in [6.07, 6.45) is 5.57. The molecule has 1 amide bonds. The fourth-order valence-corrected chi connectivity index (χ4v) is 6.13. The Kier molecular flexibility index (Phi) is 6.24. The van der Waals surface area contributed by atoms with Gasteiger partial charge in [0, 0.05) is 55.7 Å². The molecular formula is C28H26ClFN8O3. The third-order valence-electron chi connectivity index (χ3n) is 8.02. The number of amides is 1. The maximum absolute atomic E-state index is 15.2. The number of nitrogens with one attached hydrogen (secondary N) is 1. The number of pyridine rings is 1. The Balaban J connectivity index is 1.17. The molecule has 2 fully saturated rings. The molecule has 0 saturated carbocycles. The van der Waals surface area contributed by atoms with E-state index < -0.39 is 11.9 Å². The molecule has 41 heavy (non-hydrogen) atoms. The summed E-state index contributed by atoms with van der Waals surface area (Å²) in [6.45, 7) is 1.78. The van der Waals surface area contributed by atoms with E-state index in [1.807, 2.05) is 11.0 Å². The Morgan fingerprint density at radius 2 is 1.90 bits per heavy atom. The maximum Gasteiger partial charge on any atom is 0.327 e. The molecule has 210 valence electrons. The van der Waals surface area contributed by atoms with Crippen LogP contribution in [-0.4, -0.2) is 77.3 Å². The van der Waals surface area contributed by atoms with E-state index in [2.05, 4.69) is 19.9 Å². The topological polar surface area (TPSA) is 125 Å². The van der Waals surface area contributed by atoms with Crippen LogP contribution >= 0.6 is 11.6 Å². The number of hydrogen-bond acceptors (Lipinski definition) is 7. The first-order valence-electron chi connectivity index (χ1n) is 13.4.